The molecule has 0 aromatic carbocycles. The third-order valence-corrected chi connectivity index (χ3v) is 5.26. The molecule has 6 nitrogen and oxygen atoms in total. The summed E-state index contributed by atoms with van der Waals surface area (Å²) in [6.45, 7) is 6.62. The van der Waals surface area contributed by atoms with Crippen LogP contribution in [0.2, 0.25) is 0 Å². The van der Waals surface area contributed by atoms with Gasteiger partial charge in [0, 0.05) is 53.6 Å². The van der Waals surface area contributed by atoms with E-state index in [1.807, 2.05) is 13.8 Å². The molecule has 34 heavy (non-hydrogen) atoms. The van der Waals surface area contributed by atoms with Crippen LogP contribution in [0.15, 0.2) is 35.4 Å². The number of halogens is 2. The summed E-state index contributed by atoms with van der Waals surface area (Å²) >= 11 is 0. The van der Waals surface area contributed by atoms with E-state index in [0.29, 0.717) is 28.0 Å². The minimum atomic E-state index is -2.85. The number of aryl methyl sites for hydroxylation is 2. The maximum atomic E-state index is 13.3. The van der Waals surface area contributed by atoms with Crippen molar-refractivity contribution in [2.45, 2.75) is 52.9 Å². The third kappa shape index (κ3) is 7.44. The smallest absolute Gasteiger partial charge is 0.358 e. The summed E-state index contributed by atoms with van der Waals surface area (Å²) in [6, 6.07) is 4.98. The van der Waals surface area contributed by atoms with Crippen molar-refractivity contribution in [3.05, 3.63) is 59.6 Å². The van der Waals surface area contributed by atoms with Gasteiger partial charge in [-0.05, 0) is 44.4 Å². The molecule has 1 saturated carbocycles. The summed E-state index contributed by atoms with van der Waals surface area (Å²) in [5, 5.41) is 3.51. The Morgan fingerprint density at radius 3 is 2.35 bits per heavy atom. The van der Waals surface area contributed by atoms with Gasteiger partial charge in [-0.15, -0.1) is 0 Å². The van der Waals surface area contributed by atoms with E-state index in [2.05, 4.69) is 15.3 Å². The number of pyridine rings is 3. The van der Waals surface area contributed by atoms with E-state index in [1.54, 1.807) is 38.4 Å². The van der Waals surface area contributed by atoms with E-state index in [0.717, 1.165) is 25.2 Å². The normalized spacial score (nSPS) is 12.7. The van der Waals surface area contributed by atoms with Crippen LogP contribution in [0.5, 0.6) is 0 Å². The molecule has 0 unspecified atom stereocenters. The molecule has 3 heterocycles. The van der Waals surface area contributed by atoms with Crippen molar-refractivity contribution >= 4 is 22.6 Å². The first-order valence-corrected chi connectivity index (χ1v) is 10.8. The van der Waals surface area contributed by atoms with Gasteiger partial charge in [0.15, 0.2) is 0 Å². The largest absolute Gasteiger partial charge is 1.00 e. The Morgan fingerprint density at radius 2 is 1.79 bits per heavy atom. The van der Waals surface area contributed by atoms with E-state index in [4.69, 9.17) is 0 Å². The number of anilines is 1. The molecular formula is C25H31CsF2N4O2. The van der Waals surface area contributed by atoms with Crippen LogP contribution in [0, 0.1) is 20.3 Å². The van der Waals surface area contributed by atoms with Crippen molar-refractivity contribution < 1.29 is 82.5 Å². The number of fused-ring (bicyclic) bond motifs is 1. The number of hydrogen-bond acceptors (Lipinski definition) is 4. The van der Waals surface area contributed by atoms with Gasteiger partial charge >= 0.3 is 68.9 Å². The van der Waals surface area contributed by atoms with Crippen LogP contribution in [0.1, 0.15) is 44.9 Å². The van der Waals surface area contributed by atoms with Crippen LogP contribution in [0.25, 0.3) is 22.0 Å². The molecular weight excluding hydrogens is 559 g/mol. The summed E-state index contributed by atoms with van der Waals surface area (Å²) in [5.41, 5.74) is 2.37. The molecule has 0 spiro atoms. The zero-order valence-corrected chi connectivity index (χ0v) is 27.3. The number of aromatic nitrogens is 3. The molecule has 1 aliphatic carbocycles. The Kier molecular flexibility index (Phi) is 11.6. The van der Waals surface area contributed by atoms with Gasteiger partial charge in [-0.3, -0.25) is 14.6 Å². The first kappa shape index (κ1) is 30.9. The predicted molar refractivity (Wildman–Crippen MR) is 128 cm³/mol. The number of rotatable bonds is 5. The molecule has 1 aliphatic rings. The fraction of sp³-hybridized carbons (Fsp3) is 0.400. The quantitative estimate of drug-likeness (QED) is 0.464. The first-order valence-electron chi connectivity index (χ1n) is 10.8. The molecule has 4 rings (SSSR count). The third-order valence-electron chi connectivity index (χ3n) is 5.26. The molecule has 1 amide bonds. The van der Waals surface area contributed by atoms with E-state index in [9.17, 15) is 18.4 Å². The summed E-state index contributed by atoms with van der Waals surface area (Å²) in [6.07, 6.45) is 4.40. The van der Waals surface area contributed by atoms with Crippen molar-refractivity contribution in [2.75, 3.05) is 5.32 Å². The number of amides is 1. The van der Waals surface area contributed by atoms with Gasteiger partial charge < -0.3 is 17.3 Å². The molecule has 0 saturated heterocycles. The Morgan fingerprint density at radius 1 is 1.15 bits per heavy atom. The average Bonchev–Trinajstić information content (AvgIpc) is 3.57. The molecule has 3 aromatic heterocycles. The maximum Gasteiger partial charge on any atom is 1.00 e. The Labute approximate surface area is 258 Å². The van der Waals surface area contributed by atoms with E-state index in [-0.39, 0.29) is 99.4 Å². The van der Waals surface area contributed by atoms with Crippen molar-refractivity contribution in [3.63, 3.8) is 0 Å². The van der Waals surface area contributed by atoms with Crippen LogP contribution >= 0.6 is 0 Å². The minimum absolute atomic E-state index is 0. The van der Waals surface area contributed by atoms with Crippen LogP contribution < -0.4 is 79.8 Å². The second kappa shape index (κ2) is 12.7. The molecule has 1 N–H and O–H groups in total. The van der Waals surface area contributed by atoms with Crippen molar-refractivity contribution in [1.29, 1.82) is 0 Å². The topological polar surface area (TPSA) is 76.9 Å². The Hall–Kier alpha value is -1.11. The standard InChI is InChI=1S/C22H22F2N4O2.C2H6.CH3.Cs/c1-12-6-15(9-22(2,23)24)25-11-17(12)16-7-14-10-26-19(27-20(29)13-4-5-13)8-18(14)28(3)21(16)30;1-2;;/h6-8,10-11,13H,4-5,9H2,1-3H3,(H,26,27,29);1-2H3;1H3;/q;;-1;+1. The van der Waals surface area contributed by atoms with Gasteiger partial charge in [-0.25, -0.2) is 13.8 Å². The average molecular weight is 590 g/mol. The van der Waals surface area contributed by atoms with Gasteiger partial charge in [-0.2, -0.15) is 0 Å². The number of hydrogen-bond donors (Lipinski definition) is 1. The van der Waals surface area contributed by atoms with E-state index >= 15 is 0 Å². The summed E-state index contributed by atoms with van der Waals surface area (Å²) in [5.74, 6) is -2.44. The first-order chi connectivity index (χ1) is 15.1. The zero-order chi connectivity index (χ0) is 23.6. The van der Waals surface area contributed by atoms with Gasteiger partial charge in [0.05, 0.1) is 11.9 Å². The minimum Gasteiger partial charge on any atom is -0.358 e. The number of alkyl halides is 2. The molecule has 0 radical (unpaired) electrons. The maximum absolute atomic E-state index is 13.3. The van der Waals surface area contributed by atoms with Crippen molar-refractivity contribution in [3.8, 4) is 11.1 Å². The molecule has 1 fully saturated rings. The number of nitrogens with one attached hydrogen (secondary N) is 1. The number of carbonyl (C=O) groups is 1. The monoisotopic (exact) mass is 590 g/mol. The van der Waals surface area contributed by atoms with Crippen LogP contribution in [-0.2, 0) is 18.3 Å². The number of nitrogens with zero attached hydrogens (tertiary/aromatic N) is 3. The summed E-state index contributed by atoms with van der Waals surface area (Å²) < 4.78 is 28.1. The Balaban J connectivity index is 0.00000141. The van der Waals surface area contributed by atoms with E-state index in [1.165, 1.54) is 10.8 Å². The van der Waals surface area contributed by atoms with Gasteiger partial charge in [0.2, 0.25) is 5.91 Å². The molecule has 178 valence electrons. The predicted octanol–water partition coefficient (Wildman–Crippen LogP) is 2.33. The number of carbonyl (C=O) groups excluding carboxylic acids is 1. The zero-order valence-electron chi connectivity index (χ0n) is 21.0. The van der Waals surface area contributed by atoms with Gasteiger partial charge in [-0.1, -0.05) is 13.8 Å². The molecule has 0 atom stereocenters. The van der Waals surface area contributed by atoms with Crippen molar-refractivity contribution in [2.24, 2.45) is 13.0 Å². The van der Waals surface area contributed by atoms with E-state index < -0.39 is 12.3 Å². The molecule has 3 aromatic rings. The Bertz CT molecular complexity index is 1220. The summed E-state index contributed by atoms with van der Waals surface area (Å²) in [7, 11) is 1.65. The second-order valence-electron chi connectivity index (χ2n) is 8.05. The molecule has 0 aliphatic heterocycles. The molecule has 0 bridgehead atoms. The van der Waals surface area contributed by atoms with Crippen LogP contribution in [0.4, 0.5) is 14.6 Å². The fourth-order valence-corrected chi connectivity index (χ4v) is 3.51. The second-order valence-corrected chi connectivity index (χ2v) is 8.05. The SMILES string of the molecule is CC.Cc1cc(CC(C)(F)F)ncc1-c1cc2cnc(NC(=O)C3CC3)cc2n(C)c1=O.[CH3-].[Cs+]. The van der Waals surface area contributed by atoms with Crippen LogP contribution in [0.3, 0.4) is 0 Å². The fourth-order valence-electron chi connectivity index (χ4n) is 3.51. The van der Waals surface area contributed by atoms with Crippen molar-refractivity contribution in [1.82, 2.24) is 14.5 Å². The molecule has 9 heteroatoms. The van der Waals surface area contributed by atoms with Gasteiger partial charge in [0.25, 0.3) is 11.5 Å². The van der Waals surface area contributed by atoms with Gasteiger partial charge in [0.1, 0.15) is 5.82 Å². The van der Waals surface area contributed by atoms with Crippen LogP contribution in [-0.4, -0.2) is 26.4 Å². The summed E-state index contributed by atoms with van der Waals surface area (Å²) in [4.78, 5) is 33.4.